The zero-order valence-electron chi connectivity index (χ0n) is 21.1. The Morgan fingerprint density at radius 1 is 0.971 bits per heavy atom. The van der Waals surface area contributed by atoms with Crippen LogP contribution in [0.1, 0.15) is 62.4 Å². The highest BCUT2D eigenvalue weighted by Gasteiger charge is 2.27. The van der Waals surface area contributed by atoms with Crippen LogP contribution in [-0.4, -0.2) is 83.5 Å². The largest absolute Gasteiger partial charge is 0.341 e. The van der Waals surface area contributed by atoms with Crippen molar-refractivity contribution in [1.29, 1.82) is 0 Å². The molecule has 2 aromatic rings. The molecule has 2 fully saturated rings. The predicted octanol–water partition coefficient (Wildman–Crippen LogP) is 4.91. The Bertz CT molecular complexity index is 970. The van der Waals surface area contributed by atoms with E-state index < -0.39 is 6.43 Å². The molecule has 2 aliphatic rings. The SMILES string of the molecule is CC(C)CN1CCC(c2cn(CC(F)F)c3cc(C(=O)N4CCN(C(C)C)CC4)ccc23)CC1. The van der Waals surface area contributed by atoms with Crippen LogP contribution in [0.3, 0.4) is 0 Å². The number of amides is 1. The number of rotatable bonds is 7. The van der Waals surface area contributed by atoms with Crippen LogP contribution in [0.2, 0.25) is 0 Å². The van der Waals surface area contributed by atoms with E-state index in [2.05, 4.69) is 37.5 Å². The molecule has 3 heterocycles. The van der Waals surface area contributed by atoms with Crippen LogP contribution >= 0.6 is 0 Å². The summed E-state index contributed by atoms with van der Waals surface area (Å²) in [5.41, 5.74) is 2.51. The fourth-order valence-corrected chi connectivity index (χ4v) is 5.65. The number of piperazine rings is 1. The van der Waals surface area contributed by atoms with E-state index in [9.17, 15) is 13.6 Å². The molecule has 5 nitrogen and oxygen atoms in total. The summed E-state index contributed by atoms with van der Waals surface area (Å²) in [6.07, 6.45) is 1.58. The zero-order chi connectivity index (χ0) is 24.4. The van der Waals surface area contributed by atoms with Gasteiger partial charge in [0.25, 0.3) is 12.3 Å². The van der Waals surface area contributed by atoms with Crippen LogP contribution in [0.15, 0.2) is 24.4 Å². The zero-order valence-corrected chi connectivity index (χ0v) is 21.1. The minimum Gasteiger partial charge on any atom is -0.341 e. The Labute approximate surface area is 202 Å². The van der Waals surface area contributed by atoms with Crippen molar-refractivity contribution in [3.05, 3.63) is 35.5 Å². The summed E-state index contributed by atoms with van der Waals surface area (Å²) in [4.78, 5) is 20.0. The number of hydrogen-bond acceptors (Lipinski definition) is 3. The summed E-state index contributed by atoms with van der Waals surface area (Å²) in [6.45, 7) is 14.8. The number of piperidine rings is 1. The van der Waals surface area contributed by atoms with Gasteiger partial charge < -0.3 is 14.4 Å². The van der Waals surface area contributed by atoms with Crippen molar-refractivity contribution in [1.82, 2.24) is 19.3 Å². The van der Waals surface area contributed by atoms with Crippen LogP contribution in [-0.2, 0) is 6.54 Å². The number of carbonyl (C=O) groups excluding carboxylic acids is 1. The average Bonchev–Trinajstić information content (AvgIpc) is 3.15. The number of benzene rings is 1. The molecule has 0 bridgehead atoms. The summed E-state index contributed by atoms with van der Waals surface area (Å²) < 4.78 is 28.5. The van der Waals surface area contributed by atoms with Gasteiger partial charge in [0, 0.05) is 61.4 Å². The molecule has 4 rings (SSSR count). The molecule has 0 spiro atoms. The van der Waals surface area contributed by atoms with Crippen LogP contribution in [0, 0.1) is 5.92 Å². The quantitative estimate of drug-likeness (QED) is 0.572. The number of carbonyl (C=O) groups is 1. The summed E-state index contributed by atoms with van der Waals surface area (Å²) >= 11 is 0. The molecule has 0 unspecified atom stereocenters. The van der Waals surface area contributed by atoms with Gasteiger partial charge in [-0.15, -0.1) is 0 Å². The summed E-state index contributed by atoms with van der Waals surface area (Å²) in [7, 11) is 0. The lowest BCUT2D eigenvalue weighted by atomic mass is 9.88. The molecule has 188 valence electrons. The van der Waals surface area contributed by atoms with E-state index in [1.165, 1.54) is 0 Å². The van der Waals surface area contributed by atoms with Crippen molar-refractivity contribution in [3.63, 3.8) is 0 Å². The van der Waals surface area contributed by atoms with E-state index >= 15 is 0 Å². The third-order valence-corrected chi connectivity index (χ3v) is 7.48. The second kappa shape index (κ2) is 10.7. The van der Waals surface area contributed by atoms with Gasteiger partial charge in [0.2, 0.25) is 0 Å². The molecule has 7 heteroatoms. The second-order valence-corrected chi connectivity index (χ2v) is 10.8. The molecule has 2 aliphatic heterocycles. The topological polar surface area (TPSA) is 31.7 Å². The first-order valence-electron chi connectivity index (χ1n) is 12.9. The van der Waals surface area contributed by atoms with Crippen molar-refractivity contribution in [3.8, 4) is 0 Å². The molecular weight excluding hydrogens is 434 g/mol. The standard InChI is InChI=1S/C27H40F2N4O/c1-19(2)16-30-9-7-21(8-10-30)24-17-33(18-26(28)29)25-15-22(5-6-23(24)25)27(34)32-13-11-31(12-14-32)20(3)4/h5-6,15,17,19-21,26H,7-14,16,18H2,1-4H3. The third kappa shape index (κ3) is 5.62. The highest BCUT2D eigenvalue weighted by Crippen LogP contribution is 2.35. The minimum absolute atomic E-state index is 0.00125. The number of alkyl halides is 2. The molecule has 0 N–H and O–H groups in total. The Morgan fingerprint density at radius 3 is 2.24 bits per heavy atom. The van der Waals surface area contributed by atoms with Crippen LogP contribution in [0.4, 0.5) is 8.78 Å². The highest BCUT2D eigenvalue weighted by atomic mass is 19.3. The van der Waals surface area contributed by atoms with Gasteiger partial charge in [0.1, 0.15) is 0 Å². The normalized spacial score (nSPS) is 19.3. The maximum absolute atomic E-state index is 13.4. The average molecular weight is 475 g/mol. The maximum atomic E-state index is 13.4. The lowest BCUT2D eigenvalue weighted by Crippen LogP contribution is -2.50. The van der Waals surface area contributed by atoms with Crippen molar-refractivity contribution >= 4 is 16.8 Å². The first kappa shape index (κ1) is 25.1. The number of likely N-dealkylation sites (tertiary alicyclic amines) is 1. The van der Waals surface area contributed by atoms with Crippen molar-refractivity contribution in [2.24, 2.45) is 5.92 Å². The van der Waals surface area contributed by atoms with Crippen molar-refractivity contribution < 1.29 is 13.6 Å². The molecule has 0 aliphatic carbocycles. The first-order valence-corrected chi connectivity index (χ1v) is 12.9. The van der Waals surface area contributed by atoms with Gasteiger partial charge in [-0.3, -0.25) is 9.69 Å². The van der Waals surface area contributed by atoms with Gasteiger partial charge >= 0.3 is 0 Å². The Balaban J connectivity index is 1.55. The smallest absolute Gasteiger partial charge is 0.256 e. The van der Waals surface area contributed by atoms with Crippen molar-refractivity contribution in [2.45, 2.75) is 65.5 Å². The fourth-order valence-electron chi connectivity index (χ4n) is 5.65. The van der Waals surface area contributed by atoms with E-state index in [1.807, 2.05) is 29.3 Å². The summed E-state index contributed by atoms with van der Waals surface area (Å²) in [5, 5.41) is 1.02. The number of fused-ring (bicyclic) bond motifs is 1. The maximum Gasteiger partial charge on any atom is 0.256 e. The Kier molecular flexibility index (Phi) is 7.93. The van der Waals surface area contributed by atoms with Crippen LogP contribution in [0.25, 0.3) is 10.9 Å². The van der Waals surface area contributed by atoms with Gasteiger partial charge in [-0.2, -0.15) is 0 Å². The van der Waals surface area contributed by atoms with E-state index in [-0.39, 0.29) is 12.5 Å². The Hall–Kier alpha value is -1.99. The molecular formula is C27H40F2N4O. The fraction of sp³-hybridized carbons (Fsp3) is 0.667. The molecule has 0 radical (unpaired) electrons. The molecule has 1 amide bonds. The molecule has 0 saturated carbocycles. The molecule has 34 heavy (non-hydrogen) atoms. The number of nitrogens with zero attached hydrogens (tertiary/aromatic N) is 4. The molecule has 2 saturated heterocycles. The number of hydrogen-bond donors (Lipinski definition) is 0. The van der Waals surface area contributed by atoms with E-state index in [4.69, 9.17) is 0 Å². The lowest BCUT2D eigenvalue weighted by Gasteiger charge is -2.37. The van der Waals surface area contributed by atoms with E-state index in [0.717, 1.165) is 62.0 Å². The van der Waals surface area contributed by atoms with Gasteiger partial charge in [0.05, 0.1) is 6.54 Å². The van der Waals surface area contributed by atoms with E-state index in [0.29, 0.717) is 36.5 Å². The van der Waals surface area contributed by atoms with Crippen LogP contribution < -0.4 is 0 Å². The number of halogens is 2. The van der Waals surface area contributed by atoms with Crippen LogP contribution in [0.5, 0.6) is 0 Å². The predicted molar refractivity (Wildman–Crippen MR) is 134 cm³/mol. The molecule has 1 aromatic heterocycles. The van der Waals surface area contributed by atoms with E-state index in [1.54, 1.807) is 4.57 Å². The van der Waals surface area contributed by atoms with Gasteiger partial charge in [-0.25, -0.2) is 8.78 Å². The molecule has 1 aromatic carbocycles. The summed E-state index contributed by atoms with van der Waals surface area (Å²) in [6, 6.07) is 6.20. The third-order valence-electron chi connectivity index (χ3n) is 7.48. The number of aromatic nitrogens is 1. The lowest BCUT2D eigenvalue weighted by molar-refractivity contribution is 0.0595. The first-order chi connectivity index (χ1) is 16.2. The van der Waals surface area contributed by atoms with Crippen molar-refractivity contribution in [2.75, 3.05) is 45.8 Å². The summed E-state index contributed by atoms with van der Waals surface area (Å²) in [5.74, 6) is 1.02. The minimum atomic E-state index is -2.43. The van der Waals surface area contributed by atoms with Gasteiger partial charge in [0.15, 0.2) is 0 Å². The second-order valence-electron chi connectivity index (χ2n) is 10.8. The molecule has 0 atom stereocenters. The highest BCUT2D eigenvalue weighted by molar-refractivity contribution is 5.99. The monoisotopic (exact) mass is 474 g/mol. The van der Waals surface area contributed by atoms with Gasteiger partial charge in [-0.1, -0.05) is 19.9 Å². The van der Waals surface area contributed by atoms with Gasteiger partial charge in [-0.05, 0) is 69.3 Å². The Morgan fingerprint density at radius 2 is 1.65 bits per heavy atom.